The monoisotopic (exact) mass is 243 g/mol. The van der Waals surface area contributed by atoms with Gasteiger partial charge in [-0.2, -0.15) is 0 Å². The third-order valence-electron chi connectivity index (χ3n) is 2.20. The number of hydrogen-bond donors (Lipinski definition) is 2. The Morgan fingerprint density at radius 2 is 2.24 bits per heavy atom. The molecule has 1 rings (SSSR count). The molecule has 0 bridgehead atoms. The Bertz CT molecular complexity index is 315. The van der Waals surface area contributed by atoms with Gasteiger partial charge in [-0.25, -0.2) is 4.68 Å². The van der Waals surface area contributed by atoms with Gasteiger partial charge in [0.05, 0.1) is 31.1 Å². The van der Waals surface area contributed by atoms with Crippen molar-refractivity contribution in [3.05, 3.63) is 11.9 Å². The summed E-state index contributed by atoms with van der Waals surface area (Å²) < 4.78 is 6.90. The molecule has 0 fully saturated rings. The Kier molecular flexibility index (Phi) is 6.10. The highest BCUT2D eigenvalue weighted by Gasteiger charge is 2.08. The fourth-order valence-electron chi connectivity index (χ4n) is 1.37. The molecule has 0 aromatic carbocycles. The molecule has 1 atom stereocenters. The molecule has 0 saturated heterocycles. The van der Waals surface area contributed by atoms with Crippen LogP contribution in [0.1, 0.15) is 26.0 Å². The van der Waals surface area contributed by atoms with Gasteiger partial charge in [-0.05, 0) is 26.7 Å². The van der Waals surface area contributed by atoms with Crippen LogP contribution in [0.4, 0.5) is 0 Å². The predicted molar refractivity (Wildman–Crippen MR) is 62.5 cm³/mol. The molecule has 6 nitrogen and oxygen atoms in total. The molecule has 1 aromatic rings. The number of nitrogens with zero attached hydrogens (tertiary/aromatic N) is 3. The van der Waals surface area contributed by atoms with Gasteiger partial charge in [0.15, 0.2) is 0 Å². The minimum Gasteiger partial charge on any atom is -0.396 e. The zero-order chi connectivity index (χ0) is 12.7. The summed E-state index contributed by atoms with van der Waals surface area (Å²) in [7, 11) is 0. The maximum atomic E-state index is 9.68. The van der Waals surface area contributed by atoms with E-state index >= 15 is 0 Å². The van der Waals surface area contributed by atoms with Crippen LogP contribution in [0.5, 0.6) is 0 Å². The Morgan fingerprint density at radius 1 is 1.47 bits per heavy atom. The number of aliphatic hydroxyl groups is 2. The van der Waals surface area contributed by atoms with Crippen LogP contribution in [0.15, 0.2) is 6.20 Å². The number of aromatic nitrogens is 3. The van der Waals surface area contributed by atoms with Crippen molar-refractivity contribution in [3.63, 3.8) is 0 Å². The van der Waals surface area contributed by atoms with Crippen LogP contribution in [-0.4, -0.2) is 50.6 Å². The first-order chi connectivity index (χ1) is 8.11. The highest BCUT2D eigenvalue weighted by atomic mass is 16.5. The van der Waals surface area contributed by atoms with E-state index in [1.165, 1.54) is 0 Å². The molecule has 1 unspecified atom stereocenters. The average Bonchev–Trinajstić information content (AvgIpc) is 2.71. The molecule has 0 saturated carbocycles. The fourth-order valence-corrected chi connectivity index (χ4v) is 1.37. The number of aryl methyl sites for hydroxylation is 1. The van der Waals surface area contributed by atoms with E-state index in [4.69, 9.17) is 9.84 Å². The number of aliphatic hydroxyl groups excluding tert-OH is 2. The van der Waals surface area contributed by atoms with Crippen LogP contribution in [0.3, 0.4) is 0 Å². The smallest absolute Gasteiger partial charge is 0.0969 e. The molecule has 0 spiro atoms. The van der Waals surface area contributed by atoms with Crippen LogP contribution >= 0.6 is 0 Å². The van der Waals surface area contributed by atoms with Gasteiger partial charge in [0.25, 0.3) is 0 Å². The van der Waals surface area contributed by atoms with Crippen molar-refractivity contribution < 1.29 is 14.9 Å². The summed E-state index contributed by atoms with van der Waals surface area (Å²) in [5, 5.41) is 26.2. The van der Waals surface area contributed by atoms with Crippen molar-refractivity contribution in [1.82, 2.24) is 15.0 Å². The summed E-state index contributed by atoms with van der Waals surface area (Å²) in [5.41, 5.74) is 0.830. The second-order valence-electron chi connectivity index (χ2n) is 4.29. The van der Waals surface area contributed by atoms with Crippen molar-refractivity contribution in [3.8, 4) is 0 Å². The first-order valence-corrected chi connectivity index (χ1v) is 5.91. The van der Waals surface area contributed by atoms with Crippen LogP contribution in [0.25, 0.3) is 0 Å². The van der Waals surface area contributed by atoms with E-state index in [0.717, 1.165) is 5.69 Å². The first kappa shape index (κ1) is 14.1. The zero-order valence-electron chi connectivity index (χ0n) is 10.4. The van der Waals surface area contributed by atoms with E-state index in [1.54, 1.807) is 10.9 Å². The molecule has 0 amide bonds. The Labute approximate surface area is 101 Å². The van der Waals surface area contributed by atoms with E-state index in [-0.39, 0.29) is 12.7 Å². The topological polar surface area (TPSA) is 80.4 Å². The molecule has 1 heterocycles. The summed E-state index contributed by atoms with van der Waals surface area (Å²) in [6.07, 6.45) is 2.70. The zero-order valence-corrected chi connectivity index (χ0v) is 10.4. The minimum absolute atomic E-state index is 0.112. The summed E-state index contributed by atoms with van der Waals surface area (Å²) in [5.74, 6) is 0. The summed E-state index contributed by atoms with van der Waals surface area (Å²) in [6, 6.07) is 0. The average molecular weight is 243 g/mol. The van der Waals surface area contributed by atoms with Crippen LogP contribution < -0.4 is 0 Å². The highest BCUT2D eigenvalue weighted by Crippen LogP contribution is 2.00. The van der Waals surface area contributed by atoms with E-state index in [0.29, 0.717) is 26.0 Å². The van der Waals surface area contributed by atoms with Crippen molar-refractivity contribution in [2.45, 2.75) is 45.4 Å². The van der Waals surface area contributed by atoms with Gasteiger partial charge in [-0.3, -0.25) is 0 Å². The molecule has 6 heteroatoms. The lowest BCUT2D eigenvalue weighted by molar-refractivity contribution is -0.00221. The lowest BCUT2D eigenvalue weighted by atomic mass is 10.2. The molecule has 0 radical (unpaired) electrons. The van der Waals surface area contributed by atoms with E-state index in [2.05, 4.69) is 10.3 Å². The van der Waals surface area contributed by atoms with Crippen LogP contribution in [-0.2, 0) is 17.7 Å². The normalized spacial score (nSPS) is 13.2. The Balaban J connectivity index is 2.32. The number of hydrogen-bond acceptors (Lipinski definition) is 5. The maximum Gasteiger partial charge on any atom is 0.0969 e. The summed E-state index contributed by atoms with van der Waals surface area (Å²) in [4.78, 5) is 0. The first-order valence-electron chi connectivity index (χ1n) is 5.91. The van der Waals surface area contributed by atoms with Gasteiger partial charge in [0.2, 0.25) is 0 Å². The SMILES string of the molecule is CC(C)OCC(O)Cn1cc(CCCO)nn1. The van der Waals surface area contributed by atoms with E-state index in [9.17, 15) is 5.11 Å². The van der Waals surface area contributed by atoms with Gasteiger partial charge in [0, 0.05) is 12.8 Å². The third kappa shape index (κ3) is 5.76. The lowest BCUT2D eigenvalue weighted by Gasteiger charge is -2.12. The van der Waals surface area contributed by atoms with E-state index < -0.39 is 6.10 Å². The molecule has 1 aromatic heterocycles. The summed E-state index contributed by atoms with van der Waals surface area (Å²) in [6.45, 7) is 4.67. The van der Waals surface area contributed by atoms with Crippen molar-refractivity contribution in [2.24, 2.45) is 0 Å². The van der Waals surface area contributed by atoms with Gasteiger partial charge in [-0.15, -0.1) is 5.10 Å². The van der Waals surface area contributed by atoms with Crippen molar-refractivity contribution in [2.75, 3.05) is 13.2 Å². The largest absolute Gasteiger partial charge is 0.396 e. The second-order valence-corrected chi connectivity index (χ2v) is 4.29. The fraction of sp³-hybridized carbons (Fsp3) is 0.818. The quantitative estimate of drug-likeness (QED) is 0.671. The van der Waals surface area contributed by atoms with Crippen LogP contribution in [0.2, 0.25) is 0 Å². The van der Waals surface area contributed by atoms with E-state index in [1.807, 2.05) is 13.8 Å². The lowest BCUT2D eigenvalue weighted by Crippen LogP contribution is -2.24. The Hall–Kier alpha value is -0.980. The molecule has 0 aliphatic rings. The summed E-state index contributed by atoms with van der Waals surface area (Å²) >= 11 is 0. The Morgan fingerprint density at radius 3 is 2.88 bits per heavy atom. The van der Waals surface area contributed by atoms with Gasteiger partial charge in [-0.1, -0.05) is 5.21 Å². The standard InChI is InChI=1S/C11H21N3O3/c1-9(2)17-8-11(16)7-14-6-10(12-13-14)4-3-5-15/h6,9,11,15-16H,3-5,7-8H2,1-2H3. The van der Waals surface area contributed by atoms with Gasteiger partial charge >= 0.3 is 0 Å². The molecular formula is C11H21N3O3. The minimum atomic E-state index is -0.579. The van der Waals surface area contributed by atoms with Crippen molar-refractivity contribution >= 4 is 0 Å². The third-order valence-corrected chi connectivity index (χ3v) is 2.20. The number of ether oxygens (including phenoxy) is 1. The van der Waals surface area contributed by atoms with Gasteiger partial charge < -0.3 is 14.9 Å². The molecule has 98 valence electrons. The molecule has 2 N–H and O–H groups in total. The maximum absolute atomic E-state index is 9.68. The van der Waals surface area contributed by atoms with Gasteiger partial charge in [0.1, 0.15) is 0 Å². The highest BCUT2D eigenvalue weighted by molar-refractivity contribution is 4.92. The van der Waals surface area contributed by atoms with Crippen molar-refractivity contribution in [1.29, 1.82) is 0 Å². The molecule has 17 heavy (non-hydrogen) atoms. The second kappa shape index (κ2) is 7.37. The number of rotatable bonds is 8. The molecule has 0 aliphatic heterocycles. The molecule has 0 aliphatic carbocycles. The molecular weight excluding hydrogens is 222 g/mol. The predicted octanol–water partition coefficient (Wildman–Crippen LogP) is -0.0111. The van der Waals surface area contributed by atoms with Crippen LogP contribution in [0, 0.1) is 0 Å².